The topological polar surface area (TPSA) is 104 Å². The van der Waals surface area contributed by atoms with E-state index in [-0.39, 0.29) is 12.3 Å². The first-order chi connectivity index (χ1) is 9.11. The molecule has 0 fully saturated rings. The van der Waals surface area contributed by atoms with Crippen LogP contribution in [0, 0.1) is 15.9 Å². The molecule has 0 saturated carbocycles. The molecule has 0 heterocycles. The van der Waals surface area contributed by atoms with Crippen molar-refractivity contribution in [3.8, 4) is 0 Å². The Morgan fingerprint density at radius 1 is 1.50 bits per heavy atom. The number of rotatable bonds is 5. The molecule has 8 heteroatoms. The number of nitrogens with zero attached hydrogens (tertiary/aromatic N) is 2. The molecule has 7 nitrogen and oxygen atoms in total. The average molecular weight is 286 g/mol. The normalized spacial score (nSPS) is 11.2. The summed E-state index contributed by atoms with van der Waals surface area (Å²) in [6.07, 6.45) is 0. The minimum absolute atomic E-state index is 0.0761. The van der Waals surface area contributed by atoms with Gasteiger partial charge in [0.1, 0.15) is 11.5 Å². The van der Waals surface area contributed by atoms with Crippen molar-refractivity contribution in [1.82, 2.24) is 0 Å². The van der Waals surface area contributed by atoms with Crippen molar-refractivity contribution in [1.29, 1.82) is 0 Å². The van der Waals surface area contributed by atoms with Crippen LogP contribution in [0.4, 0.5) is 15.8 Å². The Balaban J connectivity index is 3.54. The molecule has 2 N–H and O–H groups in total. The molecular formula is C12H15FN2O5. The van der Waals surface area contributed by atoms with Gasteiger partial charge in [0.05, 0.1) is 28.7 Å². The van der Waals surface area contributed by atoms with Crippen LogP contribution >= 0.6 is 0 Å². The molecule has 0 saturated heterocycles. The SMILES string of the molecule is CN(c1cc(C(=O)O)c(F)cc1[N+](=O)[O-])C(C)(C)CO. The Hall–Kier alpha value is -2.22. The minimum Gasteiger partial charge on any atom is -0.478 e. The fraction of sp³-hybridized carbons (Fsp3) is 0.417. The van der Waals surface area contributed by atoms with E-state index in [9.17, 15) is 24.4 Å². The number of nitro benzene ring substituents is 1. The Labute approximate surface area is 114 Å². The molecule has 0 spiro atoms. The first kappa shape index (κ1) is 15.8. The number of likely N-dealkylation sites (N-methyl/N-ethyl adjacent to an activating group) is 1. The largest absolute Gasteiger partial charge is 0.478 e. The second-order valence-corrected chi connectivity index (χ2v) is 4.91. The maximum Gasteiger partial charge on any atom is 0.338 e. The zero-order valence-corrected chi connectivity index (χ0v) is 11.3. The number of aromatic carboxylic acids is 1. The van der Waals surface area contributed by atoms with Crippen LogP contribution < -0.4 is 4.90 Å². The summed E-state index contributed by atoms with van der Waals surface area (Å²) < 4.78 is 13.5. The molecule has 1 aromatic rings. The molecule has 0 unspecified atom stereocenters. The predicted octanol–water partition coefficient (Wildman–Crippen LogP) is 1.64. The van der Waals surface area contributed by atoms with Gasteiger partial charge in [-0.3, -0.25) is 10.1 Å². The molecule has 1 rings (SSSR count). The Kier molecular flexibility index (Phi) is 4.29. The van der Waals surface area contributed by atoms with E-state index in [4.69, 9.17) is 5.11 Å². The van der Waals surface area contributed by atoms with E-state index in [1.54, 1.807) is 13.8 Å². The standard InChI is InChI=1S/C12H15FN2O5/c1-12(2,6-16)14(3)9-4-7(11(17)18)8(13)5-10(9)15(19)20/h4-5,16H,6H2,1-3H3,(H,17,18). The van der Waals surface area contributed by atoms with Crippen LogP contribution in [0.1, 0.15) is 24.2 Å². The zero-order valence-electron chi connectivity index (χ0n) is 11.3. The van der Waals surface area contributed by atoms with Crippen LogP contribution in [0.25, 0.3) is 0 Å². The number of nitro groups is 1. The van der Waals surface area contributed by atoms with E-state index in [1.165, 1.54) is 11.9 Å². The van der Waals surface area contributed by atoms with E-state index < -0.39 is 33.5 Å². The number of aliphatic hydroxyl groups is 1. The van der Waals surface area contributed by atoms with Gasteiger partial charge in [-0.1, -0.05) is 0 Å². The van der Waals surface area contributed by atoms with E-state index >= 15 is 0 Å². The number of hydrogen-bond donors (Lipinski definition) is 2. The number of anilines is 1. The molecule has 0 aliphatic carbocycles. The second-order valence-electron chi connectivity index (χ2n) is 4.91. The number of benzene rings is 1. The van der Waals surface area contributed by atoms with Crippen molar-refractivity contribution in [3.63, 3.8) is 0 Å². The smallest absolute Gasteiger partial charge is 0.338 e. The van der Waals surface area contributed by atoms with Gasteiger partial charge in [-0.05, 0) is 19.9 Å². The van der Waals surface area contributed by atoms with Gasteiger partial charge in [0.2, 0.25) is 0 Å². The molecule has 0 atom stereocenters. The van der Waals surface area contributed by atoms with Gasteiger partial charge >= 0.3 is 5.97 Å². The summed E-state index contributed by atoms with van der Waals surface area (Å²) in [6, 6.07) is 1.47. The van der Waals surface area contributed by atoms with Gasteiger partial charge in [-0.2, -0.15) is 0 Å². The summed E-state index contributed by atoms with van der Waals surface area (Å²) in [5.74, 6) is -2.70. The lowest BCUT2D eigenvalue weighted by Gasteiger charge is -2.35. The molecule has 0 aliphatic heterocycles. The van der Waals surface area contributed by atoms with Gasteiger partial charge in [0.15, 0.2) is 0 Å². The fourth-order valence-corrected chi connectivity index (χ4v) is 1.56. The number of halogens is 1. The van der Waals surface area contributed by atoms with Gasteiger partial charge in [-0.15, -0.1) is 0 Å². The Bertz CT molecular complexity index is 559. The quantitative estimate of drug-likeness (QED) is 0.630. The van der Waals surface area contributed by atoms with Crippen LogP contribution in [0.5, 0.6) is 0 Å². The van der Waals surface area contributed by atoms with E-state index in [0.717, 1.165) is 6.07 Å². The number of aliphatic hydroxyl groups excluding tert-OH is 1. The molecule has 0 aliphatic rings. The van der Waals surface area contributed by atoms with Crippen LogP contribution in [0.15, 0.2) is 12.1 Å². The van der Waals surface area contributed by atoms with Crippen molar-refractivity contribution in [2.75, 3.05) is 18.6 Å². The highest BCUT2D eigenvalue weighted by atomic mass is 19.1. The zero-order chi connectivity index (χ0) is 15.7. The molecule has 0 bridgehead atoms. The first-order valence-corrected chi connectivity index (χ1v) is 5.67. The summed E-state index contributed by atoms with van der Waals surface area (Å²) in [5, 5.41) is 29.1. The molecule has 0 radical (unpaired) electrons. The number of carboxylic acids is 1. The van der Waals surface area contributed by atoms with Crippen molar-refractivity contribution >= 4 is 17.3 Å². The van der Waals surface area contributed by atoms with Crippen molar-refractivity contribution in [3.05, 3.63) is 33.6 Å². The maximum atomic E-state index is 13.5. The maximum absolute atomic E-state index is 13.5. The molecule has 110 valence electrons. The number of carboxylic acid groups (broad SMARTS) is 1. The minimum atomic E-state index is -1.52. The summed E-state index contributed by atoms with van der Waals surface area (Å²) in [4.78, 5) is 22.4. The molecule has 20 heavy (non-hydrogen) atoms. The van der Waals surface area contributed by atoms with Crippen LogP contribution in [0.3, 0.4) is 0 Å². The Morgan fingerprint density at radius 2 is 2.05 bits per heavy atom. The average Bonchev–Trinajstić information content (AvgIpc) is 2.36. The van der Waals surface area contributed by atoms with Crippen LogP contribution in [-0.4, -0.2) is 40.3 Å². The van der Waals surface area contributed by atoms with E-state index in [0.29, 0.717) is 6.07 Å². The highest BCUT2D eigenvalue weighted by Gasteiger charge is 2.30. The monoisotopic (exact) mass is 286 g/mol. The van der Waals surface area contributed by atoms with Gasteiger partial charge in [-0.25, -0.2) is 9.18 Å². The molecule has 0 amide bonds. The van der Waals surface area contributed by atoms with Gasteiger partial charge in [0, 0.05) is 7.05 Å². The van der Waals surface area contributed by atoms with Crippen molar-refractivity contribution in [2.24, 2.45) is 0 Å². The molecular weight excluding hydrogens is 271 g/mol. The van der Waals surface area contributed by atoms with Crippen molar-refractivity contribution in [2.45, 2.75) is 19.4 Å². The predicted molar refractivity (Wildman–Crippen MR) is 69.6 cm³/mol. The third-order valence-electron chi connectivity index (χ3n) is 3.15. The number of hydrogen-bond acceptors (Lipinski definition) is 5. The van der Waals surface area contributed by atoms with Crippen molar-refractivity contribution < 1.29 is 24.3 Å². The summed E-state index contributed by atoms with van der Waals surface area (Å²) >= 11 is 0. The fourth-order valence-electron chi connectivity index (χ4n) is 1.56. The van der Waals surface area contributed by atoms with E-state index in [1.807, 2.05) is 0 Å². The van der Waals surface area contributed by atoms with Gasteiger partial charge in [0.25, 0.3) is 5.69 Å². The highest BCUT2D eigenvalue weighted by molar-refractivity contribution is 5.90. The first-order valence-electron chi connectivity index (χ1n) is 5.67. The summed E-state index contributed by atoms with van der Waals surface area (Å²) in [5.41, 5.74) is -2.17. The number of carbonyl (C=O) groups is 1. The van der Waals surface area contributed by atoms with Gasteiger partial charge < -0.3 is 15.1 Å². The third-order valence-corrected chi connectivity index (χ3v) is 3.15. The molecule has 1 aromatic carbocycles. The van der Waals surface area contributed by atoms with E-state index in [2.05, 4.69) is 0 Å². The lowest BCUT2D eigenvalue weighted by atomic mass is 10.0. The Morgan fingerprint density at radius 3 is 2.45 bits per heavy atom. The molecule has 0 aromatic heterocycles. The summed E-state index contributed by atoms with van der Waals surface area (Å²) in [6.45, 7) is 2.90. The lowest BCUT2D eigenvalue weighted by molar-refractivity contribution is -0.384. The second kappa shape index (κ2) is 5.41. The van der Waals surface area contributed by atoms with Crippen LogP contribution in [0.2, 0.25) is 0 Å². The summed E-state index contributed by atoms with van der Waals surface area (Å²) in [7, 11) is 1.46. The third kappa shape index (κ3) is 2.85. The highest BCUT2D eigenvalue weighted by Crippen LogP contribution is 2.34. The van der Waals surface area contributed by atoms with Crippen LogP contribution in [-0.2, 0) is 0 Å². The lowest BCUT2D eigenvalue weighted by Crippen LogP contribution is -2.44.